The lowest BCUT2D eigenvalue weighted by Crippen LogP contribution is -2.02. The van der Waals surface area contributed by atoms with E-state index >= 15 is 0 Å². The Morgan fingerprint density at radius 1 is 1.28 bits per heavy atom. The molecule has 0 unspecified atom stereocenters. The van der Waals surface area contributed by atoms with E-state index in [1.165, 1.54) is 5.56 Å². The Morgan fingerprint density at radius 2 is 2.06 bits per heavy atom. The lowest BCUT2D eigenvalue weighted by atomic mass is 10.1. The van der Waals surface area contributed by atoms with Crippen LogP contribution in [0.4, 0.5) is 0 Å². The minimum atomic E-state index is 0.396. The first kappa shape index (κ1) is 13.1. The summed E-state index contributed by atoms with van der Waals surface area (Å²) in [4.78, 5) is 4.26. The van der Waals surface area contributed by atoms with E-state index in [-0.39, 0.29) is 0 Å². The number of aryl methyl sites for hydroxylation is 2. The predicted molar refractivity (Wildman–Crippen MR) is 75.8 cm³/mol. The zero-order valence-electron chi connectivity index (χ0n) is 10.4. The van der Waals surface area contributed by atoms with Gasteiger partial charge in [0.15, 0.2) is 0 Å². The molecule has 0 fully saturated rings. The molecular weight excluding hydrogens is 292 g/mol. The second-order valence-electron chi connectivity index (χ2n) is 4.19. The van der Waals surface area contributed by atoms with Crippen LogP contribution in [0.25, 0.3) is 0 Å². The molecule has 0 saturated carbocycles. The maximum Gasteiger partial charge on any atom is 0.223 e. The van der Waals surface area contributed by atoms with Crippen molar-refractivity contribution in [3.05, 3.63) is 51.6 Å². The molecule has 2 N–H and O–H groups in total. The molecular formula is C14H15BrN2O. The Balaban J connectivity index is 2.33. The molecule has 3 nitrogen and oxygen atoms in total. The molecule has 1 heterocycles. The quantitative estimate of drug-likeness (QED) is 0.940. The molecule has 0 saturated heterocycles. The highest BCUT2D eigenvalue weighted by atomic mass is 79.9. The highest BCUT2D eigenvalue weighted by molar-refractivity contribution is 9.10. The number of ether oxygens (including phenoxy) is 1. The van der Waals surface area contributed by atoms with Gasteiger partial charge < -0.3 is 10.5 Å². The molecule has 0 aliphatic rings. The van der Waals surface area contributed by atoms with E-state index in [2.05, 4.69) is 33.9 Å². The van der Waals surface area contributed by atoms with Gasteiger partial charge in [-0.1, -0.05) is 17.7 Å². The van der Waals surface area contributed by atoms with Gasteiger partial charge in [-0.3, -0.25) is 0 Å². The summed E-state index contributed by atoms with van der Waals surface area (Å²) >= 11 is 3.37. The molecule has 18 heavy (non-hydrogen) atoms. The highest BCUT2D eigenvalue weighted by Gasteiger charge is 2.08. The number of pyridine rings is 1. The number of halogens is 1. The van der Waals surface area contributed by atoms with E-state index in [1.54, 1.807) is 6.20 Å². The Labute approximate surface area is 115 Å². The number of nitrogens with zero attached hydrogens (tertiary/aromatic N) is 1. The first-order valence-electron chi connectivity index (χ1n) is 5.69. The number of hydrogen-bond acceptors (Lipinski definition) is 3. The number of nitrogens with two attached hydrogens (primary N) is 1. The zero-order chi connectivity index (χ0) is 13.1. The summed E-state index contributed by atoms with van der Waals surface area (Å²) in [5.41, 5.74) is 8.87. The lowest BCUT2D eigenvalue weighted by Gasteiger charge is -2.11. The van der Waals surface area contributed by atoms with Crippen LogP contribution < -0.4 is 10.5 Å². The third-order valence-electron chi connectivity index (χ3n) is 2.65. The summed E-state index contributed by atoms with van der Waals surface area (Å²) in [5.74, 6) is 1.37. The third kappa shape index (κ3) is 2.89. The van der Waals surface area contributed by atoms with Gasteiger partial charge in [0.2, 0.25) is 5.88 Å². The fourth-order valence-corrected chi connectivity index (χ4v) is 2.10. The van der Waals surface area contributed by atoms with Gasteiger partial charge >= 0.3 is 0 Å². The topological polar surface area (TPSA) is 48.1 Å². The van der Waals surface area contributed by atoms with Crippen LogP contribution in [0.1, 0.15) is 16.7 Å². The highest BCUT2D eigenvalue weighted by Crippen LogP contribution is 2.28. The van der Waals surface area contributed by atoms with E-state index in [0.717, 1.165) is 21.3 Å². The molecule has 4 heteroatoms. The Hall–Kier alpha value is -1.39. The van der Waals surface area contributed by atoms with Crippen LogP contribution >= 0.6 is 15.9 Å². The van der Waals surface area contributed by atoms with Crippen LogP contribution in [0.15, 0.2) is 34.9 Å². The summed E-state index contributed by atoms with van der Waals surface area (Å²) in [6, 6.07) is 7.97. The standard InChI is InChI=1S/C14H15BrN2O/c1-9-3-4-13(10(2)5-9)18-14-11(7-16)6-12(15)8-17-14/h3-6,8H,7,16H2,1-2H3. The van der Waals surface area contributed by atoms with Crippen molar-refractivity contribution in [3.8, 4) is 11.6 Å². The predicted octanol–water partition coefficient (Wildman–Crippen LogP) is 3.71. The minimum Gasteiger partial charge on any atom is -0.438 e. The maximum absolute atomic E-state index is 5.83. The molecule has 0 radical (unpaired) electrons. The van der Waals surface area contributed by atoms with Gasteiger partial charge in [-0.2, -0.15) is 0 Å². The third-order valence-corrected chi connectivity index (χ3v) is 3.08. The van der Waals surface area contributed by atoms with Crippen LogP contribution in [0.3, 0.4) is 0 Å². The zero-order valence-corrected chi connectivity index (χ0v) is 12.0. The first-order valence-corrected chi connectivity index (χ1v) is 6.49. The molecule has 2 rings (SSSR count). The molecule has 0 atom stereocenters. The van der Waals surface area contributed by atoms with Crippen molar-refractivity contribution in [2.24, 2.45) is 5.73 Å². The fraction of sp³-hybridized carbons (Fsp3) is 0.214. The van der Waals surface area contributed by atoms with Crippen LogP contribution in [0, 0.1) is 13.8 Å². The maximum atomic E-state index is 5.83. The lowest BCUT2D eigenvalue weighted by molar-refractivity contribution is 0.452. The van der Waals surface area contributed by atoms with E-state index < -0.39 is 0 Å². The molecule has 0 aliphatic heterocycles. The smallest absolute Gasteiger partial charge is 0.223 e. The van der Waals surface area contributed by atoms with Gasteiger partial charge in [0, 0.05) is 22.8 Å². The molecule has 1 aromatic carbocycles. The summed E-state index contributed by atoms with van der Waals surface area (Å²) < 4.78 is 6.73. The largest absolute Gasteiger partial charge is 0.438 e. The molecule has 1 aromatic heterocycles. The number of hydrogen-bond donors (Lipinski definition) is 1. The average Bonchev–Trinajstić information content (AvgIpc) is 2.34. The van der Waals surface area contributed by atoms with Crippen LogP contribution in [-0.4, -0.2) is 4.98 Å². The van der Waals surface area contributed by atoms with E-state index in [4.69, 9.17) is 10.5 Å². The molecule has 0 aliphatic carbocycles. The normalized spacial score (nSPS) is 10.4. The number of aromatic nitrogens is 1. The van der Waals surface area contributed by atoms with Gasteiger partial charge in [0.1, 0.15) is 5.75 Å². The molecule has 0 bridgehead atoms. The van der Waals surface area contributed by atoms with E-state index in [1.807, 2.05) is 25.1 Å². The van der Waals surface area contributed by atoms with Gasteiger partial charge in [0.25, 0.3) is 0 Å². The summed E-state index contributed by atoms with van der Waals surface area (Å²) in [5, 5.41) is 0. The van der Waals surface area contributed by atoms with Crippen molar-refractivity contribution in [1.29, 1.82) is 0 Å². The monoisotopic (exact) mass is 306 g/mol. The van der Waals surface area contributed by atoms with Crippen molar-refractivity contribution in [2.75, 3.05) is 0 Å². The Kier molecular flexibility index (Phi) is 3.99. The molecule has 0 spiro atoms. The van der Waals surface area contributed by atoms with Crippen molar-refractivity contribution >= 4 is 15.9 Å². The number of rotatable bonds is 3. The van der Waals surface area contributed by atoms with Crippen molar-refractivity contribution in [1.82, 2.24) is 4.98 Å². The van der Waals surface area contributed by atoms with Crippen LogP contribution in [0.2, 0.25) is 0 Å². The van der Waals surface area contributed by atoms with Crippen molar-refractivity contribution < 1.29 is 4.74 Å². The Morgan fingerprint density at radius 3 is 2.72 bits per heavy atom. The average molecular weight is 307 g/mol. The number of benzene rings is 1. The second kappa shape index (κ2) is 5.50. The van der Waals surface area contributed by atoms with E-state index in [9.17, 15) is 0 Å². The first-order chi connectivity index (χ1) is 8.60. The molecule has 2 aromatic rings. The SMILES string of the molecule is Cc1ccc(Oc2ncc(Br)cc2CN)c(C)c1. The van der Waals surface area contributed by atoms with Crippen LogP contribution in [0.5, 0.6) is 11.6 Å². The summed E-state index contributed by atoms with van der Waals surface area (Å²) in [7, 11) is 0. The van der Waals surface area contributed by atoms with Crippen molar-refractivity contribution in [3.63, 3.8) is 0 Å². The van der Waals surface area contributed by atoms with Gasteiger partial charge in [-0.15, -0.1) is 0 Å². The second-order valence-corrected chi connectivity index (χ2v) is 5.11. The minimum absolute atomic E-state index is 0.396. The van der Waals surface area contributed by atoms with Crippen LogP contribution in [-0.2, 0) is 6.54 Å². The molecule has 0 amide bonds. The molecule has 94 valence electrons. The van der Waals surface area contributed by atoms with E-state index in [0.29, 0.717) is 12.4 Å². The summed E-state index contributed by atoms with van der Waals surface area (Å²) in [6.07, 6.45) is 1.71. The van der Waals surface area contributed by atoms with Crippen molar-refractivity contribution in [2.45, 2.75) is 20.4 Å². The van der Waals surface area contributed by atoms with Gasteiger partial charge in [-0.25, -0.2) is 4.98 Å². The Bertz CT molecular complexity index is 570. The summed E-state index contributed by atoms with van der Waals surface area (Å²) in [6.45, 7) is 4.47. The van der Waals surface area contributed by atoms with Gasteiger partial charge in [0.05, 0.1) is 0 Å². The van der Waals surface area contributed by atoms with Gasteiger partial charge in [-0.05, 0) is 47.5 Å². The fourth-order valence-electron chi connectivity index (χ4n) is 1.72.